The summed E-state index contributed by atoms with van der Waals surface area (Å²) < 4.78 is 0. The molecule has 2 aliphatic heterocycles. The van der Waals surface area contributed by atoms with Gasteiger partial charge in [-0.1, -0.05) is 13.3 Å². The molecule has 1 amide bonds. The van der Waals surface area contributed by atoms with E-state index in [-0.39, 0.29) is 12.5 Å². The van der Waals surface area contributed by atoms with Crippen molar-refractivity contribution in [2.24, 2.45) is 5.41 Å². The molecular weight excluding hydrogens is 342 g/mol. The molecule has 0 saturated carbocycles. The van der Waals surface area contributed by atoms with Crippen LogP contribution >= 0.6 is 0 Å². The minimum atomic E-state index is -0.595. The molecule has 6 nitrogen and oxygen atoms in total. The van der Waals surface area contributed by atoms with E-state index in [0.29, 0.717) is 25.1 Å². The molecule has 3 rings (SSSR count). The minimum absolute atomic E-state index is 0.0132. The summed E-state index contributed by atoms with van der Waals surface area (Å²) in [4.78, 5) is 19.5. The van der Waals surface area contributed by atoms with Crippen LogP contribution < -0.4 is 4.90 Å². The molecule has 0 aromatic heterocycles. The van der Waals surface area contributed by atoms with Gasteiger partial charge in [0.25, 0.3) is 5.91 Å². The summed E-state index contributed by atoms with van der Waals surface area (Å²) in [6.45, 7) is 7.02. The van der Waals surface area contributed by atoms with Gasteiger partial charge in [-0.2, -0.15) is 0 Å². The molecule has 0 unspecified atom stereocenters. The number of benzene rings is 1. The van der Waals surface area contributed by atoms with E-state index in [1.165, 1.54) is 0 Å². The van der Waals surface area contributed by atoms with Gasteiger partial charge in [-0.25, -0.2) is 0 Å². The maximum atomic E-state index is 13.0. The van der Waals surface area contributed by atoms with Crippen molar-refractivity contribution in [3.05, 3.63) is 29.8 Å². The Balaban J connectivity index is 1.68. The van der Waals surface area contributed by atoms with Crippen molar-refractivity contribution >= 4 is 11.6 Å². The fourth-order valence-electron chi connectivity index (χ4n) is 4.36. The second-order valence-corrected chi connectivity index (χ2v) is 8.14. The van der Waals surface area contributed by atoms with Crippen LogP contribution in [0.2, 0.25) is 0 Å². The molecule has 2 fully saturated rings. The van der Waals surface area contributed by atoms with Crippen LogP contribution in [0.3, 0.4) is 0 Å². The van der Waals surface area contributed by atoms with Crippen LogP contribution in [0.4, 0.5) is 5.69 Å². The van der Waals surface area contributed by atoms with Gasteiger partial charge in [-0.3, -0.25) is 4.79 Å². The summed E-state index contributed by atoms with van der Waals surface area (Å²) in [6.07, 6.45) is 1.56. The fourth-order valence-corrected chi connectivity index (χ4v) is 4.36. The summed E-state index contributed by atoms with van der Waals surface area (Å²) in [5.41, 5.74) is 1.24. The Morgan fingerprint density at radius 1 is 1.15 bits per heavy atom. The molecule has 150 valence electrons. The molecule has 6 heteroatoms. The maximum absolute atomic E-state index is 13.0. The monoisotopic (exact) mass is 375 g/mol. The lowest BCUT2D eigenvalue weighted by Crippen LogP contribution is -2.55. The number of hydrogen-bond acceptors (Lipinski definition) is 5. The number of carbonyl (C=O) groups is 1. The van der Waals surface area contributed by atoms with Crippen molar-refractivity contribution < 1.29 is 15.0 Å². The van der Waals surface area contributed by atoms with Gasteiger partial charge in [0, 0.05) is 55.9 Å². The number of piperazine rings is 1. The number of anilines is 1. The molecule has 0 spiro atoms. The zero-order valence-electron chi connectivity index (χ0n) is 16.6. The van der Waals surface area contributed by atoms with Crippen molar-refractivity contribution in [3.63, 3.8) is 0 Å². The van der Waals surface area contributed by atoms with Crippen LogP contribution in [-0.4, -0.2) is 84.9 Å². The number of amides is 1. The number of aliphatic hydroxyl groups excluding tert-OH is 2. The van der Waals surface area contributed by atoms with E-state index < -0.39 is 11.5 Å². The third-order valence-corrected chi connectivity index (χ3v) is 6.22. The summed E-state index contributed by atoms with van der Waals surface area (Å²) in [5, 5.41) is 20.3. The molecule has 2 aliphatic rings. The molecule has 2 atom stereocenters. The predicted molar refractivity (Wildman–Crippen MR) is 107 cm³/mol. The molecular formula is C21H33N3O3. The third kappa shape index (κ3) is 4.28. The normalized spacial score (nSPS) is 27.0. The number of rotatable bonds is 5. The smallest absolute Gasteiger partial charge is 0.253 e. The highest BCUT2D eigenvalue weighted by molar-refractivity contribution is 5.94. The van der Waals surface area contributed by atoms with Crippen LogP contribution in [0, 0.1) is 5.41 Å². The quantitative estimate of drug-likeness (QED) is 0.815. The highest BCUT2D eigenvalue weighted by Gasteiger charge is 2.43. The Kier molecular flexibility index (Phi) is 6.40. The highest BCUT2D eigenvalue weighted by Crippen LogP contribution is 2.35. The van der Waals surface area contributed by atoms with E-state index in [1.54, 1.807) is 4.90 Å². The number of likely N-dealkylation sites (N-methyl/N-ethyl adjacent to an activating group) is 1. The third-order valence-electron chi connectivity index (χ3n) is 6.22. The minimum Gasteiger partial charge on any atom is -0.396 e. The van der Waals surface area contributed by atoms with Crippen molar-refractivity contribution in [2.45, 2.75) is 32.3 Å². The summed E-state index contributed by atoms with van der Waals surface area (Å²) in [5.74, 6) is -0.0132. The molecule has 1 aromatic carbocycles. The molecule has 2 heterocycles. The van der Waals surface area contributed by atoms with Gasteiger partial charge in [0.1, 0.15) is 0 Å². The van der Waals surface area contributed by atoms with E-state index in [4.69, 9.17) is 0 Å². The van der Waals surface area contributed by atoms with Gasteiger partial charge >= 0.3 is 0 Å². The van der Waals surface area contributed by atoms with Crippen LogP contribution in [0.1, 0.15) is 36.5 Å². The van der Waals surface area contributed by atoms with Gasteiger partial charge in [-0.15, -0.1) is 0 Å². The molecule has 0 aliphatic carbocycles. The lowest BCUT2D eigenvalue weighted by Gasteiger charge is -2.45. The molecule has 2 saturated heterocycles. The van der Waals surface area contributed by atoms with Crippen molar-refractivity contribution in [1.82, 2.24) is 9.80 Å². The first-order chi connectivity index (χ1) is 13.0. The van der Waals surface area contributed by atoms with Crippen molar-refractivity contribution in [2.75, 3.05) is 57.8 Å². The Hall–Kier alpha value is -1.63. The zero-order valence-corrected chi connectivity index (χ0v) is 16.6. The van der Waals surface area contributed by atoms with Gasteiger partial charge < -0.3 is 24.9 Å². The topological polar surface area (TPSA) is 67.2 Å². The zero-order chi connectivity index (χ0) is 19.4. The van der Waals surface area contributed by atoms with Gasteiger partial charge in [0.05, 0.1) is 12.7 Å². The van der Waals surface area contributed by atoms with E-state index in [0.717, 1.165) is 44.7 Å². The number of aliphatic hydroxyl groups is 2. The summed E-state index contributed by atoms with van der Waals surface area (Å²) >= 11 is 0. The van der Waals surface area contributed by atoms with Crippen LogP contribution in [0.5, 0.6) is 0 Å². The Labute approximate surface area is 162 Å². The second-order valence-electron chi connectivity index (χ2n) is 8.14. The Morgan fingerprint density at radius 2 is 1.81 bits per heavy atom. The van der Waals surface area contributed by atoms with Crippen molar-refractivity contribution in [3.8, 4) is 0 Å². The number of likely N-dealkylation sites (tertiary alicyclic amines) is 1. The highest BCUT2D eigenvalue weighted by atomic mass is 16.3. The lowest BCUT2D eigenvalue weighted by molar-refractivity contribution is -0.0720. The predicted octanol–water partition coefficient (Wildman–Crippen LogP) is 1.42. The maximum Gasteiger partial charge on any atom is 0.253 e. The first-order valence-electron chi connectivity index (χ1n) is 10.1. The lowest BCUT2D eigenvalue weighted by atomic mass is 9.74. The van der Waals surface area contributed by atoms with Crippen LogP contribution in [-0.2, 0) is 0 Å². The van der Waals surface area contributed by atoms with Crippen LogP contribution in [0.15, 0.2) is 24.3 Å². The largest absolute Gasteiger partial charge is 0.396 e. The second kappa shape index (κ2) is 8.59. The van der Waals surface area contributed by atoms with Crippen molar-refractivity contribution in [1.29, 1.82) is 0 Å². The first-order valence-corrected chi connectivity index (χ1v) is 10.1. The van der Waals surface area contributed by atoms with E-state index in [1.807, 2.05) is 31.2 Å². The van der Waals surface area contributed by atoms with Crippen LogP contribution in [0.25, 0.3) is 0 Å². The van der Waals surface area contributed by atoms with E-state index in [9.17, 15) is 15.0 Å². The SMILES string of the molecule is CCC[C@@]1(CO)CN(C(=O)c2ccc(N3CCN(C)CC3)cc2)CC[C@@H]1O. The Morgan fingerprint density at radius 3 is 2.41 bits per heavy atom. The first kappa shape index (κ1) is 20.1. The van der Waals surface area contributed by atoms with Gasteiger partial charge in [-0.05, 0) is 44.2 Å². The standard InChI is InChI=1S/C21H33N3O3/c1-3-9-21(16-25)15-24(10-8-19(21)26)20(27)17-4-6-18(7-5-17)23-13-11-22(2)12-14-23/h4-7,19,25-26H,3,8-16H2,1-2H3/t19-,21-/m0/s1. The average molecular weight is 376 g/mol. The average Bonchev–Trinajstić information content (AvgIpc) is 2.70. The Bertz CT molecular complexity index is 628. The van der Waals surface area contributed by atoms with E-state index in [2.05, 4.69) is 16.8 Å². The molecule has 2 N–H and O–H groups in total. The number of nitrogens with zero attached hydrogens (tertiary/aromatic N) is 3. The fraction of sp³-hybridized carbons (Fsp3) is 0.667. The van der Waals surface area contributed by atoms with Gasteiger partial charge in [0.2, 0.25) is 0 Å². The summed E-state index contributed by atoms with van der Waals surface area (Å²) in [6, 6.07) is 7.87. The number of piperidine rings is 1. The van der Waals surface area contributed by atoms with Gasteiger partial charge in [0.15, 0.2) is 0 Å². The number of hydrogen-bond donors (Lipinski definition) is 2. The van der Waals surface area contributed by atoms with E-state index >= 15 is 0 Å². The molecule has 1 aromatic rings. The molecule has 0 bridgehead atoms. The molecule has 27 heavy (non-hydrogen) atoms. The summed E-state index contributed by atoms with van der Waals surface area (Å²) in [7, 11) is 2.14. The number of carbonyl (C=O) groups excluding carboxylic acids is 1. The molecule has 0 radical (unpaired) electrons.